The number of rotatable bonds is 6. The zero-order chi connectivity index (χ0) is 18.4. The van der Waals surface area contributed by atoms with Crippen molar-refractivity contribution in [3.8, 4) is 0 Å². The summed E-state index contributed by atoms with van der Waals surface area (Å²) in [7, 11) is 0. The molecule has 2 heterocycles. The molecule has 26 heavy (non-hydrogen) atoms. The molecular formula is C19H27ClN4O2. The Morgan fingerprint density at radius 3 is 2.88 bits per heavy atom. The van der Waals surface area contributed by atoms with Crippen molar-refractivity contribution in [2.24, 2.45) is 5.92 Å². The van der Waals surface area contributed by atoms with Crippen LogP contribution in [0.3, 0.4) is 0 Å². The Labute approximate surface area is 159 Å². The van der Waals surface area contributed by atoms with E-state index in [1.54, 1.807) is 23.8 Å². The molecular weight excluding hydrogens is 352 g/mol. The highest BCUT2D eigenvalue weighted by atomic mass is 35.5. The van der Waals surface area contributed by atoms with Gasteiger partial charge < -0.3 is 10.2 Å². The van der Waals surface area contributed by atoms with Crippen LogP contribution in [0.1, 0.15) is 44.1 Å². The summed E-state index contributed by atoms with van der Waals surface area (Å²) in [6.07, 6.45) is 12.5. The van der Waals surface area contributed by atoms with Gasteiger partial charge in [-0.3, -0.25) is 10.0 Å². The molecule has 1 saturated carbocycles. The third kappa shape index (κ3) is 5.43. The number of nitrogens with zero attached hydrogens (tertiary/aromatic N) is 2. The number of pyridine rings is 1. The summed E-state index contributed by atoms with van der Waals surface area (Å²) in [6.45, 7) is 3.38. The maximum atomic E-state index is 11.0. The van der Waals surface area contributed by atoms with Gasteiger partial charge in [0.2, 0.25) is 0 Å². The smallest absolute Gasteiger partial charge is 0.267 e. The molecule has 1 aliphatic heterocycles. The topological polar surface area (TPSA) is 77.5 Å². The minimum atomic E-state index is -0.590. The lowest BCUT2D eigenvalue weighted by Gasteiger charge is -2.26. The van der Waals surface area contributed by atoms with E-state index in [0.717, 1.165) is 25.4 Å². The number of hydrogen-bond acceptors (Lipinski definition) is 5. The highest BCUT2D eigenvalue weighted by Crippen LogP contribution is 2.27. The Hall–Kier alpha value is -1.63. The van der Waals surface area contributed by atoms with Gasteiger partial charge in [-0.25, -0.2) is 10.5 Å². The molecule has 1 aromatic heterocycles. The fraction of sp³-hybridized carbons (Fsp3) is 0.579. The molecule has 3 rings (SSSR count). The van der Waals surface area contributed by atoms with Gasteiger partial charge in [-0.05, 0) is 42.9 Å². The second-order valence-corrected chi connectivity index (χ2v) is 7.71. The van der Waals surface area contributed by atoms with E-state index in [0.29, 0.717) is 22.4 Å². The quantitative estimate of drug-likeness (QED) is 0.402. The van der Waals surface area contributed by atoms with E-state index in [2.05, 4.69) is 15.2 Å². The van der Waals surface area contributed by atoms with Crippen LogP contribution in [0.25, 0.3) is 6.08 Å². The molecule has 1 saturated heterocycles. The molecule has 1 aromatic rings. The summed E-state index contributed by atoms with van der Waals surface area (Å²) in [5, 5.41) is 12.5. The van der Waals surface area contributed by atoms with Crippen molar-refractivity contribution < 1.29 is 10.0 Å². The minimum Gasteiger partial charge on any atom is -0.365 e. The van der Waals surface area contributed by atoms with Gasteiger partial charge in [0.25, 0.3) is 5.91 Å². The second-order valence-electron chi connectivity index (χ2n) is 7.30. The number of carbonyl (C=O) groups is 1. The number of anilines is 1. The second kappa shape index (κ2) is 9.35. The number of hydroxylamine groups is 1. The zero-order valence-electron chi connectivity index (χ0n) is 15.0. The van der Waals surface area contributed by atoms with Crippen LogP contribution in [0.2, 0.25) is 5.02 Å². The van der Waals surface area contributed by atoms with E-state index in [1.165, 1.54) is 44.7 Å². The van der Waals surface area contributed by atoms with Crippen molar-refractivity contribution in [3.63, 3.8) is 0 Å². The lowest BCUT2D eigenvalue weighted by atomic mass is 9.89. The Morgan fingerprint density at radius 1 is 1.35 bits per heavy atom. The standard InChI is InChI=1S/C19H27ClN4O2/c20-17-10-15(6-7-18(25)23-26)11-21-19(17)22-16-8-9-24(13-16)12-14-4-2-1-3-5-14/h6-7,10-11,14,16,26H,1-5,8-9,12-13H2,(H,21,22)(H,23,25)/b7-6+/t16-/m1/s1. The van der Waals surface area contributed by atoms with Crippen molar-refractivity contribution in [2.75, 3.05) is 25.0 Å². The average molecular weight is 379 g/mol. The summed E-state index contributed by atoms with van der Waals surface area (Å²) in [5.74, 6) is 0.957. The molecule has 7 heteroatoms. The predicted molar refractivity (Wildman–Crippen MR) is 103 cm³/mol. The summed E-state index contributed by atoms with van der Waals surface area (Å²) in [6, 6.07) is 2.12. The maximum Gasteiger partial charge on any atom is 0.267 e. The predicted octanol–water partition coefficient (Wildman–Crippen LogP) is 3.32. The van der Waals surface area contributed by atoms with Crippen LogP contribution in [0, 0.1) is 5.92 Å². The van der Waals surface area contributed by atoms with Crippen LogP contribution in [0.5, 0.6) is 0 Å². The molecule has 0 aromatic carbocycles. The molecule has 0 radical (unpaired) electrons. The summed E-state index contributed by atoms with van der Waals surface area (Å²) >= 11 is 6.33. The summed E-state index contributed by atoms with van der Waals surface area (Å²) in [5.41, 5.74) is 2.25. The van der Waals surface area contributed by atoms with Gasteiger partial charge in [-0.2, -0.15) is 0 Å². The number of halogens is 1. The van der Waals surface area contributed by atoms with Crippen LogP contribution >= 0.6 is 11.6 Å². The fourth-order valence-corrected chi connectivity index (χ4v) is 4.13. The first-order valence-electron chi connectivity index (χ1n) is 9.40. The molecule has 0 unspecified atom stereocenters. The van der Waals surface area contributed by atoms with E-state index in [4.69, 9.17) is 16.8 Å². The normalized spacial score (nSPS) is 22.0. The van der Waals surface area contributed by atoms with Crippen molar-refractivity contribution in [3.05, 3.63) is 28.9 Å². The molecule has 1 amide bonds. The van der Waals surface area contributed by atoms with Crippen molar-refractivity contribution >= 4 is 29.4 Å². The summed E-state index contributed by atoms with van der Waals surface area (Å²) < 4.78 is 0. The highest BCUT2D eigenvalue weighted by molar-refractivity contribution is 6.33. The number of nitrogens with one attached hydrogen (secondary N) is 2. The first-order chi connectivity index (χ1) is 12.6. The van der Waals surface area contributed by atoms with Gasteiger partial charge in [-0.1, -0.05) is 30.9 Å². The van der Waals surface area contributed by atoms with Crippen LogP contribution in [-0.2, 0) is 4.79 Å². The molecule has 2 fully saturated rings. The molecule has 0 bridgehead atoms. The number of carbonyl (C=O) groups excluding carboxylic acids is 1. The lowest BCUT2D eigenvalue weighted by molar-refractivity contribution is -0.124. The SMILES string of the molecule is O=C(/C=C/c1cnc(N[C@@H]2CCN(CC3CCCCC3)C2)c(Cl)c1)NO. The van der Waals surface area contributed by atoms with Gasteiger partial charge in [0.15, 0.2) is 0 Å². The summed E-state index contributed by atoms with van der Waals surface area (Å²) in [4.78, 5) is 18.0. The van der Waals surface area contributed by atoms with E-state index < -0.39 is 5.91 Å². The molecule has 6 nitrogen and oxygen atoms in total. The first kappa shape index (κ1) is 19.1. The number of amides is 1. The van der Waals surface area contributed by atoms with Crippen molar-refractivity contribution in [1.29, 1.82) is 0 Å². The number of aromatic nitrogens is 1. The number of likely N-dealkylation sites (tertiary alicyclic amines) is 1. The van der Waals surface area contributed by atoms with E-state index in [-0.39, 0.29) is 0 Å². The van der Waals surface area contributed by atoms with Crippen LogP contribution < -0.4 is 10.8 Å². The molecule has 142 valence electrons. The van der Waals surface area contributed by atoms with Crippen LogP contribution in [-0.4, -0.2) is 46.7 Å². The third-order valence-corrected chi connectivity index (χ3v) is 5.54. The van der Waals surface area contributed by atoms with Crippen molar-refractivity contribution in [2.45, 2.75) is 44.6 Å². The fourth-order valence-electron chi connectivity index (χ4n) is 3.90. The van der Waals surface area contributed by atoms with Gasteiger partial charge in [0.1, 0.15) is 5.82 Å². The maximum absolute atomic E-state index is 11.0. The first-order valence-corrected chi connectivity index (χ1v) is 9.78. The Balaban J connectivity index is 1.51. The van der Waals surface area contributed by atoms with Gasteiger partial charge in [0.05, 0.1) is 5.02 Å². The Kier molecular flexibility index (Phi) is 6.88. The molecule has 0 spiro atoms. The van der Waals surface area contributed by atoms with Crippen molar-refractivity contribution in [1.82, 2.24) is 15.4 Å². The number of hydrogen-bond donors (Lipinski definition) is 3. The van der Waals surface area contributed by atoms with Crippen LogP contribution in [0.4, 0.5) is 5.82 Å². The zero-order valence-corrected chi connectivity index (χ0v) is 15.7. The Bertz CT molecular complexity index is 646. The average Bonchev–Trinajstić information content (AvgIpc) is 3.09. The molecule has 2 aliphatic rings. The van der Waals surface area contributed by atoms with E-state index in [1.807, 2.05) is 0 Å². The van der Waals surface area contributed by atoms with Crippen LogP contribution in [0.15, 0.2) is 18.3 Å². The molecule has 3 N–H and O–H groups in total. The highest BCUT2D eigenvalue weighted by Gasteiger charge is 2.26. The minimum absolute atomic E-state index is 0.366. The third-order valence-electron chi connectivity index (χ3n) is 5.25. The van der Waals surface area contributed by atoms with Gasteiger partial charge in [0, 0.05) is 37.9 Å². The molecule has 1 atom stereocenters. The molecule has 1 aliphatic carbocycles. The van der Waals surface area contributed by atoms with Gasteiger partial charge >= 0.3 is 0 Å². The van der Waals surface area contributed by atoms with E-state index >= 15 is 0 Å². The Morgan fingerprint density at radius 2 is 2.15 bits per heavy atom. The largest absolute Gasteiger partial charge is 0.365 e. The monoisotopic (exact) mass is 378 g/mol. The lowest BCUT2D eigenvalue weighted by Crippen LogP contribution is -2.31. The van der Waals surface area contributed by atoms with E-state index in [9.17, 15) is 4.79 Å². The van der Waals surface area contributed by atoms with Gasteiger partial charge in [-0.15, -0.1) is 0 Å².